The molecule has 2 rings (SSSR count). The molecule has 0 aromatic heterocycles. The lowest BCUT2D eigenvalue weighted by atomic mass is 9.81. The summed E-state index contributed by atoms with van der Waals surface area (Å²) < 4.78 is 11.0. The molecule has 1 unspecified atom stereocenters. The third-order valence-electron chi connectivity index (χ3n) is 5.28. The highest BCUT2D eigenvalue weighted by molar-refractivity contribution is 5.90. The predicted octanol–water partition coefficient (Wildman–Crippen LogP) is 4.64. The smallest absolute Gasteiger partial charge is 0.338 e. The molecule has 1 aliphatic rings. The maximum Gasteiger partial charge on any atom is 0.338 e. The van der Waals surface area contributed by atoms with E-state index in [2.05, 4.69) is 6.08 Å². The fourth-order valence-corrected chi connectivity index (χ4v) is 3.74. The zero-order chi connectivity index (χ0) is 20.8. The molecule has 0 fully saturated rings. The van der Waals surface area contributed by atoms with Crippen molar-refractivity contribution in [1.29, 1.82) is 0 Å². The molecule has 0 amide bonds. The van der Waals surface area contributed by atoms with Gasteiger partial charge in [-0.05, 0) is 50.8 Å². The third-order valence-corrected chi connectivity index (χ3v) is 5.28. The number of ether oxygens (including phenoxy) is 2. The molecule has 0 heterocycles. The number of rotatable bonds is 4. The molecule has 0 radical (unpaired) electrons. The second-order valence-electron chi connectivity index (χ2n) is 7.95. The Bertz CT molecular complexity index is 747. The molecule has 0 bridgehead atoms. The van der Waals surface area contributed by atoms with Crippen molar-refractivity contribution in [2.75, 3.05) is 7.11 Å². The molecule has 1 aliphatic carbocycles. The maximum absolute atomic E-state index is 12.8. The maximum atomic E-state index is 12.8. The molecule has 3 atom stereocenters. The normalized spacial score (nSPS) is 27.3. The molecular weight excluding hydrogens is 356 g/mol. The van der Waals surface area contributed by atoms with Gasteiger partial charge in [-0.2, -0.15) is 0 Å². The van der Waals surface area contributed by atoms with Crippen molar-refractivity contribution >= 4 is 5.97 Å². The van der Waals surface area contributed by atoms with E-state index < -0.39 is 18.2 Å². The Hall–Kier alpha value is -2.27. The van der Waals surface area contributed by atoms with Crippen molar-refractivity contribution in [2.45, 2.75) is 59.2 Å². The molecule has 2 N–H and O–H groups in total. The Morgan fingerprint density at radius 1 is 1.21 bits per heavy atom. The second kappa shape index (κ2) is 9.78. The topological polar surface area (TPSA) is 76.0 Å². The number of benzene rings is 1. The summed E-state index contributed by atoms with van der Waals surface area (Å²) in [5, 5.41) is 20.6. The molecule has 154 valence electrons. The number of phenolic OH excluding ortho intramolecular Hbond substituents is 1. The average Bonchev–Trinajstić information content (AvgIpc) is 2.61. The Kier molecular flexibility index (Phi) is 7.69. The van der Waals surface area contributed by atoms with Crippen LogP contribution >= 0.6 is 0 Å². The van der Waals surface area contributed by atoms with Crippen molar-refractivity contribution in [2.24, 2.45) is 11.8 Å². The fourth-order valence-electron chi connectivity index (χ4n) is 3.74. The summed E-state index contributed by atoms with van der Waals surface area (Å²) in [5.41, 5.74) is 2.59. The first-order valence-corrected chi connectivity index (χ1v) is 9.82. The Morgan fingerprint density at radius 3 is 2.57 bits per heavy atom. The highest BCUT2D eigenvalue weighted by Crippen LogP contribution is 2.31. The summed E-state index contributed by atoms with van der Waals surface area (Å²) in [6.45, 7) is 8.13. The Labute approximate surface area is 167 Å². The SMILES string of the molecule is COc1cc(C(=O)OC2C/C(C)=C/CC/C(C)=C/[C@@H](O)[C@H]2C(C)C)ccc1O. The van der Waals surface area contributed by atoms with E-state index in [1.807, 2.05) is 33.8 Å². The number of methoxy groups -OCH3 is 1. The molecule has 1 aromatic carbocycles. The fraction of sp³-hybridized carbons (Fsp3) is 0.522. The first kappa shape index (κ1) is 22.0. The largest absolute Gasteiger partial charge is 0.504 e. The van der Waals surface area contributed by atoms with Crippen LogP contribution in [-0.4, -0.2) is 35.5 Å². The highest BCUT2D eigenvalue weighted by atomic mass is 16.5. The lowest BCUT2D eigenvalue weighted by molar-refractivity contribution is -0.0217. The number of aliphatic hydroxyl groups excluding tert-OH is 1. The average molecular weight is 389 g/mol. The van der Waals surface area contributed by atoms with E-state index in [-0.39, 0.29) is 23.3 Å². The number of hydrogen-bond acceptors (Lipinski definition) is 5. The van der Waals surface area contributed by atoms with Crippen LogP contribution in [0.3, 0.4) is 0 Å². The highest BCUT2D eigenvalue weighted by Gasteiger charge is 2.33. The Balaban J connectivity index is 2.33. The molecule has 28 heavy (non-hydrogen) atoms. The van der Waals surface area contributed by atoms with Gasteiger partial charge in [-0.15, -0.1) is 0 Å². The van der Waals surface area contributed by atoms with Crippen LogP contribution in [0, 0.1) is 11.8 Å². The van der Waals surface area contributed by atoms with Crippen LogP contribution in [0.5, 0.6) is 11.5 Å². The third kappa shape index (κ3) is 5.61. The van der Waals surface area contributed by atoms with Gasteiger partial charge in [0.25, 0.3) is 0 Å². The van der Waals surface area contributed by atoms with Gasteiger partial charge >= 0.3 is 5.97 Å². The van der Waals surface area contributed by atoms with Crippen LogP contribution < -0.4 is 4.74 Å². The number of aromatic hydroxyl groups is 1. The van der Waals surface area contributed by atoms with Gasteiger partial charge in [0.05, 0.1) is 18.8 Å². The Morgan fingerprint density at radius 2 is 1.93 bits per heavy atom. The van der Waals surface area contributed by atoms with E-state index in [1.165, 1.54) is 25.3 Å². The lowest BCUT2D eigenvalue weighted by Gasteiger charge is -2.33. The van der Waals surface area contributed by atoms with Gasteiger partial charge in [-0.3, -0.25) is 0 Å². The first-order chi connectivity index (χ1) is 13.2. The minimum atomic E-state index is -0.682. The number of phenols is 1. The van der Waals surface area contributed by atoms with Gasteiger partial charge in [-0.25, -0.2) is 4.79 Å². The van der Waals surface area contributed by atoms with Crippen molar-refractivity contribution < 1.29 is 24.5 Å². The molecule has 5 heteroatoms. The molecule has 5 nitrogen and oxygen atoms in total. The summed E-state index contributed by atoms with van der Waals surface area (Å²) >= 11 is 0. The second-order valence-corrected chi connectivity index (χ2v) is 7.95. The number of aliphatic hydroxyl groups is 1. The molecule has 0 saturated heterocycles. The van der Waals surface area contributed by atoms with Gasteiger partial charge in [-0.1, -0.05) is 37.1 Å². The van der Waals surface area contributed by atoms with E-state index in [0.29, 0.717) is 12.0 Å². The van der Waals surface area contributed by atoms with Crippen LogP contribution in [0.2, 0.25) is 0 Å². The zero-order valence-corrected chi connectivity index (χ0v) is 17.4. The summed E-state index contributed by atoms with van der Waals surface area (Å²) in [6.07, 6.45) is 5.33. The van der Waals surface area contributed by atoms with Crippen LogP contribution in [0.4, 0.5) is 0 Å². The number of allylic oxidation sites excluding steroid dienone is 2. The number of carbonyl (C=O) groups is 1. The monoisotopic (exact) mass is 388 g/mol. The summed E-state index contributed by atoms with van der Waals surface area (Å²) in [6, 6.07) is 4.38. The summed E-state index contributed by atoms with van der Waals surface area (Å²) in [7, 11) is 1.43. The van der Waals surface area contributed by atoms with Crippen molar-refractivity contribution in [3.8, 4) is 11.5 Å². The van der Waals surface area contributed by atoms with Gasteiger partial charge in [0.2, 0.25) is 0 Å². The van der Waals surface area contributed by atoms with Crippen molar-refractivity contribution in [3.63, 3.8) is 0 Å². The van der Waals surface area contributed by atoms with E-state index in [4.69, 9.17) is 9.47 Å². The van der Waals surface area contributed by atoms with Gasteiger partial charge in [0, 0.05) is 12.3 Å². The van der Waals surface area contributed by atoms with Gasteiger partial charge in [0.1, 0.15) is 6.10 Å². The van der Waals surface area contributed by atoms with Crippen LogP contribution in [-0.2, 0) is 4.74 Å². The van der Waals surface area contributed by atoms with Crippen LogP contribution in [0.1, 0.15) is 57.3 Å². The van der Waals surface area contributed by atoms with Crippen molar-refractivity contribution in [3.05, 3.63) is 47.1 Å². The van der Waals surface area contributed by atoms with Gasteiger partial charge < -0.3 is 19.7 Å². The standard InChI is InChI=1S/C23H32O5/c1-14(2)22-19(25)11-15(3)7-6-8-16(4)12-21(22)28-23(26)17-9-10-18(24)20(13-17)27-5/h8-11,13-14,19,21-22,24-25H,6-7,12H2,1-5H3/b15-11+,16-8+/t19-,21?,22-/m1/s1. The summed E-state index contributed by atoms with van der Waals surface area (Å²) in [5.74, 6) is -0.410. The molecule has 1 aromatic rings. The van der Waals surface area contributed by atoms with Crippen LogP contribution in [0.25, 0.3) is 0 Å². The predicted molar refractivity (Wildman–Crippen MR) is 110 cm³/mol. The van der Waals surface area contributed by atoms with Crippen molar-refractivity contribution in [1.82, 2.24) is 0 Å². The van der Waals surface area contributed by atoms with E-state index in [0.717, 1.165) is 24.0 Å². The number of carbonyl (C=O) groups excluding carboxylic acids is 1. The lowest BCUT2D eigenvalue weighted by Crippen LogP contribution is -2.38. The minimum absolute atomic E-state index is 0.0346. The first-order valence-electron chi connectivity index (χ1n) is 9.82. The molecule has 0 aliphatic heterocycles. The van der Waals surface area contributed by atoms with Crippen LogP contribution in [0.15, 0.2) is 41.5 Å². The minimum Gasteiger partial charge on any atom is -0.504 e. The zero-order valence-electron chi connectivity index (χ0n) is 17.4. The number of hydrogen-bond donors (Lipinski definition) is 2. The molecule has 0 spiro atoms. The molecule has 0 saturated carbocycles. The van der Waals surface area contributed by atoms with Gasteiger partial charge in [0.15, 0.2) is 11.5 Å². The number of esters is 1. The molecular formula is C23H32O5. The quantitative estimate of drug-likeness (QED) is 0.581. The van der Waals surface area contributed by atoms with E-state index in [9.17, 15) is 15.0 Å². The van der Waals surface area contributed by atoms with E-state index >= 15 is 0 Å². The van der Waals surface area contributed by atoms with E-state index in [1.54, 1.807) is 0 Å². The summed E-state index contributed by atoms with van der Waals surface area (Å²) in [4.78, 5) is 12.8.